The maximum Gasteiger partial charge on any atom is 0.0333 e. The van der Waals surface area contributed by atoms with Crippen LogP contribution >= 0.6 is 0 Å². The first kappa shape index (κ1) is 16.5. The molecule has 1 fully saturated rings. The molecule has 1 heterocycles. The quantitative estimate of drug-likeness (QED) is 0.846. The summed E-state index contributed by atoms with van der Waals surface area (Å²) in [5, 5.41) is 3.82. The number of nitrogens with two attached hydrogens (primary N) is 1. The standard InChI is InChI=1S/C18H31N3/c1-15(2)13-21-11-9-18(14-19,10-12-21)20-16(3)17-7-5-4-6-8-17/h4-8,15-16,20H,9-14,19H2,1-3H3. The highest BCUT2D eigenvalue weighted by atomic mass is 15.2. The van der Waals surface area contributed by atoms with E-state index in [0.29, 0.717) is 6.04 Å². The Labute approximate surface area is 129 Å². The first-order valence-electron chi connectivity index (χ1n) is 8.30. The molecule has 1 atom stereocenters. The summed E-state index contributed by atoms with van der Waals surface area (Å²) in [5.41, 5.74) is 7.57. The van der Waals surface area contributed by atoms with Gasteiger partial charge < -0.3 is 16.0 Å². The van der Waals surface area contributed by atoms with E-state index in [4.69, 9.17) is 5.73 Å². The average Bonchev–Trinajstić information content (AvgIpc) is 2.50. The summed E-state index contributed by atoms with van der Waals surface area (Å²) in [6.07, 6.45) is 2.29. The van der Waals surface area contributed by atoms with Crippen LogP contribution in [0.1, 0.15) is 45.2 Å². The van der Waals surface area contributed by atoms with E-state index in [2.05, 4.69) is 61.3 Å². The van der Waals surface area contributed by atoms with Crippen LogP contribution in [0.5, 0.6) is 0 Å². The van der Waals surface area contributed by atoms with Crippen LogP contribution in [0, 0.1) is 5.92 Å². The molecule has 1 aromatic carbocycles. The summed E-state index contributed by atoms with van der Waals surface area (Å²) < 4.78 is 0. The number of hydrogen-bond donors (Lipinski definition) is 2. The van der Waals surface area contributed by atoms with Gasteiger partial charge in [0, 0.05) is 24.7 Å². The normalized spacial score (nSPS) is 20.6. The molecule has 0 radical (unpaired) electrons. The molecule has 3 nitrogen and oxygen atoms in total. The molecule has 118 valence electrons. The number of hydrogen-bond acceptors (Lipinski definition) is 3. The summed E-state index contributed by atoms with van der Waals surface area (Å²) >= 11 is 0. The molecule has 21 heavy (non-hydrogen) atoms. The Morgan fingerprint density at radius 1 is 1.14 bits per heavy atom. The first-order valence-corrected chi connectivity index (χ1v) is 8.30. The van der Waals surface area contributed by atoms with Crippen LogP contribution in [0.3, 0.4) is 0 Å². The minimum atomic E-state index is 0.0999. The average molecular weight is 289 g/mol. The maximum atomic E-state index is 6.13. The van der Waals surface area contributed by atoms with Crippen molar-refractivity contribution in [2.45, 2.75) is 45.2 Å². The number of likely N-dealkylation sites (tertiary alicyclic amines) is 1. The van der Waals surface area contributed by atoms with Gasteiger partial charge in [-0.3, -0.25) is 0 Å². The number of rotatable bonds is 6. The third-order valence-electron chi connectivity index (χ3n) is 4.65. The van der Waals surface area contributed by atoms with E-state index in [0.717, 1.165) is 38.4 Å². The number of nitrogens with zero attached hydrogens (tertiary/aromatic N) is 1. The van der Waals surface area contributed by atoms with Gasteiger partial charge >= 0.3 is 0 Å². The van der Waals surface area contributed by atoms with Gasteiger partial charge in [0.15, 0.2) is 0 Å². The first-order chi connectivity index (χ1) is 10.0. The minimum Gasteiger partial charge on any atom is -0.329 e. The summed E-state index contributed by atoms with van der Waals surface area (Å²) in [6.45, 7) is 11.1. The fourth-order valence-electron chi connectivity index (χ4n) is 3.37. The molecule has 0 aromatic heterocycles. The predicted octanol–water partition coefficient (Wildman–Crippen LogP) is 2.79. The second-order valence-electron chi connectivity index (χ2n) is 6.96. The lowest BCUT2D eigenvalue weighted by atomic mass is 9.86. The van der Waals surface area contributed by atoms with E-state index in [1.807, 2.05) is 0 Å². The van der Waals surface area contributed by atoms with Crippen LogP contribution in [-0.2, 0) is 0 Å². The zero-order valence-corrected chi connectivity index (χ0v) is 13.8. The van der Waals surface area contributed by atoms with Crippen LogP contribution in [-0.4, -0.2) is 36.6 Å². The van der Waals surface area contributed by atoms with Gasteiger partial charge in [-0.05, 0) is 44.3 Å². The summed E-state index contributed by atoms with van der Waals surface area (Å²) in [6, 6.07) is 11.0. The van der Waals surface area contributed by atoms with E-state index in [-0.39, 0.29) is 5.54 Å². The lowest BCUT2D eigenvalue weighted by molar-refractivity contribution is 0.121. The largest absolute Gasteiger partial charge is 0.329 e. The van der Waals surface area contributed by atoms with Crippen molar-refractivity contribution in [3.05, 3.63) is 35.9 Å². The fourth-order valence-corrected chi connectivity index (χ4v) is 3.37. The van der Waals surface area contributed by atoms with E-state index >= 15 is 0 Å². The van der Waals surface area contributed by atoms with E-state index in [1.165, 1.54) is 12.1 Å². The van der Waals surface area contributed by atoms with Gasteiger partial charge in [-0.2, -0.15) is 0 Å². The highest BCUT2D eigenvalue weighted by Crippen LogP contribution is 2.26. The molecular formula is C18H31N3. The summed E-state index contributed by atoms with van der Waals surface area (Å²) in [4.78, 5) is 2.58. The van der Waals surface area contributed by atoms with Gasteiger partial charge in [-0.15, -0.1) is 0 Å². The molecule has 1 aliphatic heterocycles. The molecule has 1 unspecified atom stereocenters. The Morgan fingerprint density at radius 3 is 2.29 bits per heavy atom. The molecule has 1 aromatic rings. The zero-order chi connectivity index (χ0) is 15.3. The lowest BCUT2D eigenvalue weighted by Gasteiger charge is -2.44. The van der Waals surface area contributed by atoms with Crippen LogP contribution in [0.4, 0.5) is 0 Å². The molecule has 3 heteroatoms. The van der Waals surface area contributed by atoms with Crippen LogP contribution in [0.15, 0.2) is 30.3 Å². The van der Waals surface area contributed by atoms with Gasteiger partial charge in [0.25, 0.3) is 0 Å². The Kier molecular flexibility index (Phi) is 5.80. The highest BCUT2D eigenvalue weighted by Gasteiger charge is 2.34. The van der Waals surface area contributed by atoms with Crippen molar-refractivity contribution < 1.29 is 0 Å². The van der Waals surface area contributed by atoms with Gasteiger partial charge in [0.05, 0.1) is 0 Å². The smallest absolute Gasteiger partial charge is 0.0333 e. The van der Waals surface area contributed by atoms with Gasteiger partial charge in [0.1, 0.15) is 0 Å². The molecule has 2 rings (SSSR count). The van der Waals surface area contributed by atoms with Crippen molar-refractivity contribution in [2.24, 2.45) is 11.7 Å². The zero-order valence-electron chi connectivity index (χ0n) is 13.8. The molecule has 1 aliphatic rings. The third-order valence-corrected chi connectivity index (χ3v) is 4.65. The van der Waals surface area contributed by atoms with Crippen molar-refractivity contribution in [3.63, 3.8) is 0 Å². The van der Waals surface area contributed by atoms with E-state index in [1.54, 1.807) is 0 Å². The Morgan fingerprint density at radius 2 is 1.76 bits per heavy atom. The molecular weight excluding hydrogens is 258 g/mol. The minimum absolute atomic E-state index is 0.0999. The molecule has 0 saturated carbocycles. The Bertz CT molecular complexity index is 408. The van der Waals surface area contributed by atoms with Gasteiger partial charge in [-0.25, -0.2) is 0 Å². The van der Waals surface area contributed by atoms with Crippen LogP contribution in [0.25, 0.3) is 0 Å². The summed E-state index contributed by atoms with van der Waals surface area (Å²) in [5.74, 6) is 0.742. The Balaban J connectivity index is 1.94. The number of piperidine rings is 1. The Hall–Kier alpha value is -0.900. The van der Waals surface area contributed by atoms with Gasteiger partial charge in [0.2, 0.25) is 0 Å². The topological polar surface area (TPSA) is 41.3 Å². The SMILES string of the molecule is CC(C)CN1CCC(CN)(NC(C)c2ccccc2)CC1. The fraction of sp³-hybridized carbons (Fsp3) is 0.667. The predicted molar refractivity (Wildman–Crippen MR) is 90.3 cm³/mol. The van der Waals surface area contributed by atoms with Crippen LogP contribution < -0.4 is 11.1 Å². The lowest BCUT2D eigenvalue weighted by Crippen LogP contribution is -2.58. The highest BCUT2D eigenvalue weighted by molar-refractivity contribution is 5.19. The molecule has 0 spiro atoms. The van der Waals surface area contributed by atoms with Crippen molar-refractivity contribution in [1.29, 1.82) is 0 Å². The van der Waals surface area contributed by atoms with Crippen LogP contribution in [0.2, 0.25) is 0 Å². The maximum absolute atomic E-state index is 6.13. The third kappa shape index (κ3) is 4.53. The number of nitrogens with one attached hydrogen (secondary N) is 1. The van der Waals surface area contributed by atoms with Crippen molar-refractivity contribution >= 4 is 0 Å². The van der Waals surface area contributed by atoms with Gasteiger partial charge in [-0.1, -0.05) is 44.2 Å². The molecule has 0 aliphatic carbocycles. The molecule has 1 saturated heterocycles. The second-order valence-corrected chi connectivity index (χ2v) is 6.96. The van der Waals surface area contributed by atoms with Crippen molar-refractivity contribution in [3.8, 4) is 0 Å². The second kappa shape index (κ2) is 7.39. The van der Waals surface area contributed by atoms with Crippen molar-refractivity contribution in [1.82, 2.24) is 10.2 Å². The van der Waals surface area contributed by atoms with E-state index < -0.39 is 0 Å². The monoisotopic (exact) mass is 289 g/mol. The molecule has 3 N–H and O–H groups in total. The summed E-state index contributed by atoms with van der Waals surface area (Å²) in [7, 11) is 0. The number of benzene rings is 1. The van der Waals surface area contributed by atoms with E-state index in [9.17, 15) is 0 Å². The molecule has 0 amide bonds. The molecule has 0 bridgehead atoms. The van der Waals surface area contributed by atoms with Crippen molar-refractivity contribution in [2.75, 3.05) is 26.2 Å².